The molecule has 1 aromatic rings. The zero-order chi connectivity index (χ0) is 14.7. The minimum atomic E-state index is 0.0265. The molecule has 3 nitrogen and oxygen atoms in total. The Morgan fingerprint density at radius 2 is 1.68 bits per heavy atom. The number of ketones is 1. The smallest absolute Gasteiger partial charge is 0.158 e. The Balaban J connectivity index is 3.45. The number of allylic oxidation sites excluding steroid dienone is 1. The summed E-state index contributed by atoms with van der Waals surface area (Å²) in [5.41, 5.74) is 10.4. The lowest BCUT2D eigenvalue weighted by Crippen LogP contribution is -2.13. The minimum absolute atomic E-state index is 0.0265. The first-order chi connectivity index (χ1) is 8.79. The first-order valence-corrected chi connectivity index (χ1v) is 6.45. The summed E-state index contributed by atoms with van der Waals surface area (Å²) < 4.78 is 5.34. The molecule has 0 atom stereocenters. The molecule has 0 heterocycles. The number of carbonyl (C=O) groups excluding carboxylic acids is 1. The van der Waals surface area contributed by atoms with E-state index in [-0.39, 0.29) is 11.7 Å². The third-order valence-electron chi connectivity index (χ3n) is 3.22. The highest BCUT2D eigenvalue weighted by Gasteiger charge is 2.16. The van der Waals surface area contributed by atoms with Crippen molar-refractivity contribution in [2.45, 2.75) is 34.6 Å². The average molecular weight is 261 g/mol. The molecular weight excluding hydrogens is 238 g/mol. The van der Waals surface area contributed by atoms with E-state index in [1.165, 1.54) is 0 Å². The van der Waals surface area contributed by atoms with Gasteiger partial charge in [-0.1, -0.05) is 13.8 Å². The summed E-state index contributed by atoms with van der Waals surface area (Å²) in [5, 5.41) is 0. The third-order valence-corrected chi connectivity index (χ3v) is 3.22. The van der Waals surface area contributed by atoms with Gasteiger partial charge in [0.2, 0.25) is 0 Å². The fourth-order valence-corrected chi connectivity index (χ4v) is 2.49. The van der Waals surface area contributed by atoms with Crippen LogP contribution >= 0.6 is 0 Å². The Bertz CT molecular complexity index is 505. The molecule has 1 aromatic carbocycles. The van der Waals surface area contributed by atoms with Crippen molar-refractivity contribution in [3.05, 3.63) is 34.4 Å². The normalized spacial score (nSPS) is 12.4. The fraction of sp³-hybridized carbons (Fsp3) is 0.438. The maximum atomic E-state index is 11.7. The zero-order valence-electron chi connectivity index (χ0n) is 12.6. The summed E-state index contributed by atoms with van der Waals surface area (Å²) in [6.07, 6.45) is 0. The first kappa shape index (κ1) is 15.3. The van der Waals surface area contributed by atoms with Crippen LogP contribution in [0.1, 0.15) is 37.5 Å². The summed E-state index contributed by atoms with van der Waals surface area (Å²) in [6.45, 7) is 9.47. The van der Waals surface area contributed by atoms with Crippen LogP contribution in [0.4, 0.5) is 0 Å². The van der Waals surface area contributed by atoms with Crippen molar-refractivity contribution in [3.8, 4) is 5.75 Å². The molecule has 0 spiro atoms. The predicted octanol–water partition coefficient (Wildman–Crippen LogP) is 3.23. The Morgan fingerprint density at radius 3 is 2.00 bits per heavy atom. The molecule has 0 aliphatic carbocycles. The number of carbonyl (C=O) groups is 1. The molecule has 0 fully saturated rings. The van der Waals surface area contributed by atoms with Crippen LogP contribution in [-0.2, 0) is 4.79 Å². The molecule has 2 N–H and O–H groups in total. The van der Waals surface area contributed by atoms with E-state index < -0.39 is 0 Å². The van der Waals surface area contributed by atoms with Gasteiger partial charge in [-0.2, -0.15) is 0 Å². The van der Waals surface area contributed by atoms with Gasteiger partial charge in [-0.15, -0.1) is 0 Å². The van der Waals surface area contributed by atoms with E-state index in [2.05, 4.69) is 0 Å². The first-order valence-electron chi connectivity index (χ1n) is 6.45. The van der Waals surface area contributed by atoms with Gasteiger partial charge in [0.05, 0.1) is 7.11 Å². The van der Waals surface area contributed by atoms with Crippen molar-refractivity contribution >= 4 is 11.5 Å². The van der Waals surface area contributed by atoms with Crippen molar-refractivity contribution in [2.75, 3.05) is 7.11 Å². The highest BCUT2D eigenvalue weighted by molar-refractivity contribution is 6.01. The van der Waals surface area contributed by atoms with Crippen molar-refractivity contribution in [2.24, 2.45) is 11.7 Å². The fourth-order valence-electron chi connectivity index (χ4n) is 2.49. The van der Waals surface area contributed by atoms with Crippen LogP contribution < -0.4 is 10.5 Å². The van der Waals surface area contributed by atoms with E-state index in [0.717, 1.165) is 22.4 Å². The molecular formula is C16H23NO2. The summed E-state index contributed by atoms with van der Waals surface area (Å²) in [4.78, 5) is 11.7. The van der Waals surface area contributed by atoms with Crippen molar-refractivity contribution in [3.63, 3.8) is 0 Å². The van der Waals surface area contributed by atoms with Gasteiger partial charge in [0.1, 0.15) is 5.75 Å². The topological polar surface area (TPSA) is 52.3 Å². The van der Waals surface area contributed by atoms with Crippen LogP contribution in [0.2, 0.25) is 0 Å². The minimum Gasteiger partial charge on any atom is -0.496 e. The lowest BCUT2D eigenvalue weighted by atomic mass is 9.93. The van der Waals surface area contributed by atoms with Crippen molar-refractivity contribution < 1.29 is 9.53 Å². The van der Waals surface area contributed by atoms with Gasteiger partial charge < -0.3 is 10.5 Å². The molecule has 0 saturated heterocycles. The average Bonchev–Trinajstić information content (AvgIpc) is 2.27. The third kappa shape index (κ3) is 3.16. The molecule has 0 radical (unpaired) electrons. The Labute approximate surface area is 115 Å². The SMILES string of the molecule is COc1c(C)cc(/C(N)=C(/C(C)=O)C(C)C)cc1C. The lowest BCUT2D eigenvalue weighted by molar-refractivity contribution is -0.113. The van der Waals surface area contributed by atoms with Crippen LogP contribution in [-0.4, -0.2) is 12.9 Å². The van der Waals surface area contributed by atoms with E-state index in [0.29, 0.717) is 11.3 Å². The molecule has 104 valence electrons. The molecule has 19 heavy (non-hydrogen) atoms. The molecule has 0 amide bonds. The Hall–Kier alpha value is -1.77. The highest BCUT2D eigenvalue weighted by atomic mass is 16.5. The van der Waals surface area contributed by atoms with Crippen LogP contribution in [0.3, 0.4) is 0 Å². The quantitative estimate of drug-likeness (QED) is 0.847. The summed E-state index contributed by atoms with van der Waals surface area (Å²) in [7, 11) is 1.66. The molecule has 0 aliphatic heterocycles. The number of hydrogen-bond donors (Lipinski definition) is 1. The Kier molecular flexibility index (Phi) is 4.76. The molecule has 0 aliphatic rings. The van der Waals surface area contributed by atoms with E-state index in [9.17, 15) is 4.79 Å². The van der Waals surface area contributed by atoms with Crippen LogP contribution in [0.25, 0.3) is 5.70 Å². The Morgan fingerprint density at radius 1 is 1.21 bits per heavy atom. The number of methoxy groups -OCH3 is 1. The van der Waals surface area contributed by atoms with Gasteiger partial charge in [-0.05, 0) is 55.5 Å². The predicted molar refractivity (Wildman–Crippen MR) is 79.1 cm³/mol. The van der Waals surface area contributed by atoms with Gasteiger partial charge in [0.15, 0.2) is 5.78 Å². The number of benzene rings is 1. The maximum absolute atomic E-state index is 11.7. The van der Waals surface area contributed by atoms with Gasteiger partial charge in [-0.3, -0.25) is 4.79 Å². The zero-order valence-corrected chi connectivity index (χ0v) is 12.6. The van der Waals surface area contributed by atoms with E-state index >= 15 is 0 Å². The van der Waals surface area contributed by atoms with Crippen LogP contribution in [0.15, 0.2) is 17.7 Å². The van der Waals surface area contributed by atoms with E-state index in [4.69, 9.17) is 10.5 Å². The standard InChI is InChI=1S/C16H23NO2/c1-9(2)14(12(5)18)15(17)13-7-10(3)16(19-6)11(4)8-13/h7-9H,17H2,1-6H3/b15-14-. The lowest BCUT2D eigenvalue weighted by Gasteiger charge is -2.16. The van der Waals surface area contributed by atoms with Gasteiger partial charge in [0, 0.05) is 11.3 Å². The van der Waals surface area contributed by atoms with Crippen molar-refractivity contribution in [1.82, 2.24) is 0 Å². The molecule has 1 rings (SSSR count). The molecule has 0 aromatic heterocycles. The number of ether oxygens (including phenoxy) is 1. The van der Waals surface area contributed by atoms with Gasteiger partial charge in [-0.25, -0.2) is 0 Å². The molecule has 0 saturated carbocycles. The number of nitrogens with two attached hydrogens (primary N) is 1. The van der Waals surface area contributed by atoms with Crippen LogP contribution in [0, 0.1) is 19.8 Å². The summed E-state index contributed by atoms with van der Waals surface area (Å²) >= 11 is 0. The second-order valence-corrected chi connectivity index (χ2v) is 5.18. The highest BCUT2D eigenvalue weighted by Crippen LogP contribution is 2.28. The monoisotopic (exact) mass is 261 g/mol. The van der Waals surface area contributed by atoms with E-state index in [1.807, 2.05) is 39.8 Å². The van der Waals surface area contributed by atoms with Gasteiger partial charge in [0.25, 0.3) is 0 Å². The molecule has 0 unspecified atom stereocenters. The number of Topliss-reactive ketones (excluding diaryl/α,β-unsaturated/α-hetero) is 1. The number of rotatable bonds is 4. The number of aryl methyl sites for hydroxylation is 2. The number of hydrogen-bond acceptors (Lipinski definition) is 3. The molecule has 3 heteroatoms. The van der Waals surface area contributed by atoms with Gasteiger partial charge >= 0.3 is 0 Å². The second kappa shape index (κ2) is 5.91. The maximum Gasteiger partial charge on any atom is 0.158 e. The second-order valence-electron chi connectivity index (χ2n) is 5.18. The summed E-state index contributed by atoms with van der Waals surface area (Å²) in [5.74, 6) is 1.00. The van der Waals surface area contributed by atoms with Crippen molar-refractivity contribution in [1.29, 1.82) is 0 Å². The molecule has 0 bridgehead atoms. The summed E-state index contributed by atoms with van der Waals surface area (Å²) in [6, 6.07) is 3.93. The largest absolute Gasteiger partial charge is 0.496 e. The van der Waals surface area contributed by atoms with Crippen LogP contribution in [0.5, 0.6) is 5.75 Å². The van der Waals surface area contributed by atoms with E-state index in [1.54, 1.807) is 14.0 Å².